The Kier molecular flexibility index (Phi) is 4.12. The van der Waals surface area contributed by atoms with Crippen LogP contribution in [-0.4, -0.2) is 29.8 Å². The molecule has 0 spiro atoms. The fourth-order valence-corrected chi connectivity index (χ4v) is 2.67. The maximum atomic E-state index is 12.8. The molecule has 1 fully saturated rings. The van der Waals surface area contributed by atoms with Gasteiger partial charge in [-0.05, 0) is 51.1 Å². The second-order valence-corrected chi connectivity index (χ2v) is 5.15. The van der Waals surface area contributed by atoms with Gasteiger partial charge in [-0.2, -0.15) is 0 Å². The van der Waals surface area contributed by atoms with Gasteiger partial charge in [-0.25, -0.2) is 4.39 Å². The van der Waals surface area contributed by atoms with E-state index in [1.165, 1.54) is 37.8 Å². The average molecular weight is 249 g/mol. The van der Waals surface area contributed by atoms with Crippen LogP contribution in [-0.2, 0) is 0 Å². The number of ketones is 1. The standard InChI is InChI=1S/C15H20FNO/c1-11(17(2)14-5-3-4-6-14)15(18)12-7-9-13(16)10-8-12/h7-11,14H,3-6H2,1-2H3. The number of rotatable bonds is 4. The summed E-state index contributed by atoms with van der Waals surface area (Å²) in [6.07, 6.45) is 4.87. The normalized spacial score (nSPS) is 18.2. The first-order valence-corrected chi connectivity index (χ1v) is 6.61. The van der Waals surface area contributed by atoms with Crippen molar-refractivity contribution in [2.75, 3.05) is 7.05 Å². The maximum Gasteiger partial charge on any atom is 0.179 e. The van der Waals surface area contributed by atoms with E-state index in [-0.39, 0.29) is 17.6 Å². The molecular formula is C15H20FNO. The zero-order valence-corrected chi connectivity index (χ0v) is 11.0. The topological polar surface area (TPSA) is 20.3 Å². The highest BCUT2D eigenvalue weighted by molar-refractivity contribution is 5.99. The highest BCUT2D eigenvalue weighted by Crippen LogP contribution is 2.24. The molecule has 3 heteroatoms. The maximum absolute atomic E-state index is 12.8. The summed E-state index contributed by atoms with van der Waals surface area (Å²) in [6, 6.07) is 6.20. The smallest absolute Gasteiger partial charge is 0.179 e. The highest BCUT2D eigenvalue weighted by Gasteiger charge is 2.27. The Morgan fingerprint density at radius 2 is 1.83 bits per heavy atom. The number of carbonyl (C=O) groups is 1. The summed E-state index contributed by atoms with van der Waals surface area (Å²) in [6.45, 7) is 1.93. The van der Waals surface area contributed by atoms with Crippen molar-refractivity contribution in [2.24, 2.45) is 0 Å². The van der Waals surface area contributed by atoms with Crippen molar-refractivity contribution in [3.8, 4) is 0 Å². The fraction of sp³-hybridized carbons (Fsp3) is 0.533. The molecule has 1 aromatic rings. The predicted octanol–water partition coefficient (Wildman–Crippen LogP) is 3.27. The summed E-state index contributed by atoms with van der Waals surface area (Å²) in [7, 11) is 2.02. The van der Waals surface area contributed by atoms with Crippen LogP contribution < -0.4 is 0 Å². The zero-order chi connectivity index (χ0) is 13.1. The second-order valence-electron chi connectivity index (χ2n) is 5.15. The number of nitrogens with zero attached hydrogens (tertiary/aromatic N) is 1. The van der Waals surface area contributed by atoms with E-state index < -0.39 is 0 Å². The van der Waals surface area contributed by atoms with Crippen LogP contribution in [0.15, 0.2) is 24.3 Å². The van der Waals surface area contributed by atoms with Gasteiger partial charge >= 0.3 is 0 Å². The predicted molar refractivity (Wildman–Crippen MR) is 70.2 cm³/mol. The van der Waals surface area contributed by atoms with E-state index in [2.05, 4.69) is 4.90 Å². The van der Waals surface area contributed by atoms with Crippen LogP contribution in [0.1, 0.15) is 43.0 Å². The summed E-state index contributed by atoms with van der Waals surface area (Å²) < 4.78 is 12.8. The van der Waals surface area contributed by atoms with Gasteiger partial charge in [0.1, 0.15) is 5.82 Å². The first kappa shape index (κ1) is 13.2. The number of carbonyl (C=O) groups excluding carboxylic acids is 1. The van der Waals surface area contributed by atoms with Gasteiger partial charge in [0.05, 0.1) is 6.04 Å². The van der Waals surface area contributed by atoms with E-state index in [0.29, 0.717) is 11.6 Å². The third-order valence-electron chi connectivity index (χ3n) is 4.02. The highest BCUT2D eigenvalue weighted by atomic mass is 19.1. The Bertz CT molecular complexity index is 409. The molecular weight excluding hydrogens is 229 g/mol. The quantitative estimate of drug-likeness (QED) is 0.763. The summed E-state index contributed by atoms with van der Waals surface area (Å²) in [5.41, 5.74) is 0.591. The molecule has 0 heterocycles. The van der Waals surface area contributed by atoms with Gasteiger partial charge in [0.2, 0.25) is 0 Å². The first-order valence-electron chi connectivity index (χ1n) is 6.61. The molecule has 0 N–H and O–H groups in total. The van der Waals surface area contributed by atoms with E-state index in [9.17, 15) is 9.18 Å². The fourth-order valence-electron chi connectivity index (χ4n) is 2.67. The molecule has 2 rings (SSSR count). The average Bonchev–Trinajstić information content (AvgIpc) is 2.91. The summed E-state index contributed by atoms with van der Waals surface area (Å²) in [4.78, 5) is 14.5. The van der Waals surface area contributed by atoms with E-state index >= 15 is 0 Å². The van der Waals surface area contributed by atoms with E-state index in [4.69, 9.17) is 0 Å². The van der Waals surface area contributed by atoms with Crippen LogP contribution in [0.5, 0.6) is 0 Å². The number of Topliss-reactive ketones (excluding diaryl/α,β-unsaturated/α-hetero) is 1. The lowest BCUT2D eigenvalue weighted by molar-refractivity contribution is 0.0819. The Morgan fingerprint density at radius 3 is 2.39 bits per heavy atom. The number of halogens is 1. The van der Waals surface area contributed by atoms with Crippen molar-refractivity contribution in [1.29, 1.82) is 0 Å². The third-order valence-corrected chi connectivity index (χ3v) is 4.02. The van der Waals surface area contributed by atoms with Gasteiger partial charge in [-0.15, -0.1) is 0 Å². The van der Waals surface area contributed by atoms with Crippen molar-refractivity contribution in [1.82, 2.24) is 4.90 Å². The molecule has 18 heavy (non-hydrogen) atoms. The summed E-state index contributed by atoms with van der Waals surface area (Å²) in [5.74, 6) is -0.229. The Hall–Kier alpha value is -1.22. The first-order chi connectivity index (χ1) is 8.59. The minimum absolute atomic E-state index is 0.0735. The van der Waals surface area contributed by atoms with Crippen molar-refractivity contribution in [3.05, 3.63) is 35.6 Å². The van der Waals surface area contributed by atoms with Crippen LogP contribution in [0.2, 0.25) is 0 Å². The number of hydrogen-bond donors (Lipinski definition) is 0. The molecule has 0 bridgehead atoms. The van der Waals surface area contributed by atoms with E-state index in [1.54, 1.807) is 12.1 Å². The molecule has 0 aliphatic heterocycles. The molecule has 0 amide bonds. The monoisotopic (exact) mass is 249 g/mol. The minimum atomic E-state index is -0.302. The number of hydrogen-bond acceptors (Lipinski definition) is 2. The summed E-state index contributed by atoms with van der Waals surface area (Å²) >= 11 is 0. The molecule has 0 aromatic heterocycles. The van der Waals surface area contributed by atoms with Gasteiger partial charge < -0.3 is 0 Å². The second kappa shape index (κ2) is 5.61. The third kappa shape index (κ3) is 2.78. The lowest BCUT2D eigenvalue weighted by Gasteiger charge is -2.29. The van der Waals surface area contributed by atoms with Crippen LogP contribution in [0.3, 0.4) is 0 Å². The molecule has 1 unspecified atom stereocenters. The molecule has 1 aromatic carbocycles. The molecule has 0 radical (unpaired) electrons. The molecule has 1 aliphatic carbocycles. The van der Waals surface area contributed by atoms with Crippen molar-refractivity contribution in [3.63, 3.8) is 0 Å². The van der Waals surface area contributed by atoms with Crippen molar-refractivity contribution >= 4 is 5.78 Å². The molecule has 98 valence electrons. The molecule has 0 saturated heterocycles. The largest absolute Gasteiger partial charge is 0.294 e. The molecule has 1 aliphatic rings. The van der Waals surface area contributed by atoms with Gasteiger partial charge in [-0.3, -0.25) is 9.69 Å². The van der Waals surface area contributed by atoms with Crippen molar-refractivity contribution < 1.29 is 9.18 Å². The van der Waals surface area contributed by atoms with Crippen molar-refractivity contribution in [2.45, 2.75) is 44.7 Å². The SMILES string of the molecule is CC(C(=O)c1ccc(F)cc1)N(C)C1CCCC1. The lowest BCUT2D eigenvalue weighted by Crippen LogP contribution is -2.41. The Balaban J connectivity index is 2.05. The van der Waals surface area contributed by atoms with Gasteiger partial charge in [-0.1, -0.05) is 12.8 Å². The van der Waals surface area contributed by atoms with Gasteiger partial charge in [0, 0.05) is 11.6 Å². The summed E-state index contributed by atoms with van der Waals surface area (Å²) in [5, 5.41) is 0. The number of benzene rings is 1. The van der Waals surface area contributed by atoms with Crippen LogP contribution in [0, 0.1) is 5.82 Å². The van der Waals surface area contributed by atoms with Crippen LogP contribution in [0.25, 0.3) is 0 Å². The van der Waals surface area contributed by atoms with Gasteiger partial charge in [0.25, 0.3) is 0 Å². The van der Waals surface area contributed by atoms with E-state index in [1.807, 2.05) is 14.0 Å². The molecule has 1 atom stereocenters. The molecule has 1 saturated carbocycles. The van der Waals surface area contributed by atoms with Crippen LogP contribution >= 0.6 is 0 Å². The van der Waals surface area contributed by atoms with E-state index in [0.717, 1.165) is 0 Å². The Morgan fingerprint density at radius 1 is 1.28 bits per heavy atom. The minimum Gasteiger partial charge on any atom is -0.294 e. The number of likely N-dealkylation sites (N-methyl/N-ethyl adjacent to an activating group) is 1. The van der Waals surface area contributed by atoms with Gasteiger partial charge in [0.15, 0.2) is 5.78 Å². The molecule has 2 nitrogen and oxygen atoms in total. The Labute approximate surface area is 108 Å². The zero-order valence-electron chi connectivity index (χ0n) is 11.0. The lowest BCUT2D eigenvalue weighted by atomic mass is 10.0. The van der Waals surface area contributed by atoms with Crippen LogP contribution in [0.4, 0.5) is 4.39 Å².